The molecule has 1 heterocycles. The summed E-state index contributed by atoms with van der Waals surface area (Å²) in [6.45, 7) is 1.84. The number of carbonyl (C=O) groups excluding carboxylic acids is 3. The van der Waals surface area contributed by atoms with Crippen molar-refractivity contribution in [2.45, 2.75) is 36.6 Å². The molecule has 6 nitrogen and oxygen atoms in total. The van der Waals surface area contributed by atoms with E-state index in [4.69, 9.17) is 9.47 Å². The number of hydrogen-bond donors (Lipinski definition) is 0. The third-order valence-corrected chi connectivity index (χ3v) is 4.70. The molecule has 1 aromatic rings. The first-order valence-corrected chi connectivity index (χ1v) is 8.18. The highest BCUT2D eigenvalue weighted by Crippen LogP contribution is 2.35. The molecule has 0 spiro atoms. The van der Waals surface area contributed by atoms with E-state index in [2.05, 4.69) is 4.74 Å². The van der Waals surface area contributed by atoms with Crippen LogP contribution in [0.3, 0.4) is 0 Å². The fourth-order valence-corrected chi connectivity index (χ4v) is 3.37. The van der Waals surface area contributed by atoms with E-state index in [-0.39, 0.29) is 6.42 Å². The number of ether oxygens (including phenoxy) is 3. The predicted octanol–water partition coefficient (Wildman–Crippen LogP) is 2.17. The Hall–Kier alpha value is -2.02. The van der Waals surface area contributed by atoms with Crippen LogP contribution in [0.1, 0.15) is 30.1 Å². The van der Waals surface area contributed by atoms with Gasteiger partial charge in [0.25, 0.3) is 0 Å². The molecule has 7 heteroatoms. The van der Waals surface area contributed by atoms with Crippen LogP contribution in [0.25, 0.3) is 0 Å². The van der Waals surface area contributed by atoms with E-state index in [1.807, 2.05) is 6.92 Å². The molecule has 1 aliphatic rings. The van der Waals surface area contributed by atoms with Gasteiger partial charge < -0.3 is 14.2 Å². The standard InChI is InChI=1S/C16H18O6S/c1-3-11(21-14(18)10-7-5-4-6-8-10)16-22-15(19)12(23-16)9-13(17)20-2/h4-8,11-12,16H,3,9H2,1-2H3/t11-,12-,16-/m0/s1. The molecule has 0 unspecified atom stereocenters. The minimum atomic E-state index is -0.628. The molecule has 23 heavy (non-hydrogen) atoms. The highest BCUT2D eigenvalue weighted by Gasteiger charge is 2.41. The van der Waals surface area contributed by atoms with Crippen molar-refractivity contribution in [3.05, 3.63) is 35.9 Å². The zero-order chi connectivity index (χ0) is 16.8. The van der Waals surface area contributed by atoms with E-state index in [9.17, 15) is 14.4 Å². The fraction of sp³-hybridized carbons (Fsp3) is 0.438. The Morgan fingerprint density at radius 2 is 2.00 bits per heavy atom. The number of benzene rings is 1. The average molecular weight is 338 g/mol. The second-order valence-electron chi connectivity index (χ2n) is 4.93. The molecule has 1 fully saturated rings. The number of carbonyl (C=O) groups is 3. The second-order valence-corrected chi connectivity index (χ2v) is 6.23. The number of cyclic esters (lactones) is 1. The predicted molar refractivity (Wildman–Crippen MR) is 83.8 cm³/mol. The first kappa shape index (κ1) is 17.3. The van der Waals surface area contributed by atoms with Gasteiger partial charge in [-0.1, -0.05) is 36.9 Å². The van der Waals surface area contributed by atoms with Gasteiger partial charge in [-0.15, -0.1) is 0 Å². The largest absolute Gasteiger partial charge is 0.469 e. The van der Waals surface area contributed by atoms with Gasteiger partial charge in [-0.2, -0.15) is 0 Å². The molecule has 1 aromatic carbocycles. The summed E-state index contributed by atoms with van der Waals surface area (Å²) in [4.78, 5) is 35.2. The number of hydrogen-bond acceptors (Lipinski definition) is 7. The highest BCUT2D eigenvalue weighted by atomic mass is 32.2. The Balaban J connectivity index is 1.97. The van der Waals surface area contributed by atoms with Crippen LogP contribution in [0.15, 0.2) is 30.3 Å². The summed E-state index contributed by atoms with van der Waals surface area (Å²) >= 11 is 1.18. The fourth-order valence-electron chi connectivity index (χ4n) is 2.08. The summed E-state index contributed by atoms with van der Waals surface area (Å²) in [7, 11) is 1.27. The zero-order valence-corrected chi connectivity index (χ0v) is 13.7. The van der Waals surface area contributed by atoms with E-state index in [1.165, 1.54) is 18.9 Å². The summed E-state index contributed by atoms with van der Waals surface area (Å²) in [5.74, 6) is -1.43. The number of esters is 3. The first-order valence-electron chi connectivity index (χ1n) is 7.24. The van der Waals surface area contributed by atoms with Crippen LogP contribution in [-0.2, 0) is 23.8 Å². The molecule has 0 N–H and O–H groups in total. The molecule has 124 valence electrons. The quantitative estimate of drug-likeness (QED) is 0.581. The zero-order valence-electron chi connectivity index (χ0n) is 12.9. The molecular formula is C16H18O6S. The summed E-state index contributed by atoms with van der Waals surface area (Å²) < 4.78 is 15.3. The second kappa shape index (κ2) is 8.01. The SMILES string of the molecule is CC[C@H](OC(=O)c1ccccc1)[C@H]1OC(=O)[C@H](CC(=O)OC)S1. The normalized spacial score (nSPS) is 21.4. The van der Waals surface area contributed by atoms with Gasteiger partial charge in [0.15, 0.2) is 5.44 Å². The maximum absolute atomic E-state index is 12.1. The van der Waals surface area contributed by atoms with Crippen LogP contribution in [0.4, 0.5) is 0 Å². The first-order chi connectivity index (χ1) is 11.0. The minimum Gasteiger partial charge on any atom is -0.469 e. The topological polar surface area (TPSA) is 78.9 Å². The van der Waals surface area contributed by atoms with Gasteiger partial charge in [0.05, 0.1) is 19.1 Å². The van der Waals surface area contributed by atoms with E-state index in [0.29, 0.717) is 12.0 Å². The Morgan fingerprint density at radius 1 is 1.30 bits per heavy atom. The number of rotatable bonds is 6. The summed E-state index contributed by atoms with van der Waals surface area (Å²) in [6.07, 6.45) is -0.132. The van der Waals surface area contributed by atoms with Crippen molar-refractivity contribution in [2.75, 3.05) is 7.11 Å². The molecule has 3 atom stereocenters. The van der Waals surface area contributed by atoms with Crippen molar-refractivity contribution < 1.29 is 28.6 Å². The summed E-state index contributed by atoms with van der Waals surface area (Å²) in [6, 6.07) is 8.61. The molecular weight excluding hydrogens is 320 g/mol. The lowest BCUT2D eigenvalue weighted by atomic mass is 10.2. The molecule has 2 rings (SSSR count). The highest BCUT2D eigenvalue weighted by molar-refractivity contribution is 8.01. The molecule has 1 saturated heterocycles. The Morgan fingerprint density at radius 3 is 2.61 bits per heavy atom. The van der Waals surface area contributed by atoms with E-state index >= 15 is 0 Å². The van der Waals surface area contributed by atoms with Crippen LogP contribution < -0.4 is 0 Å². The van der Waals surface area contributed by atoms with Crippen LogP contribution in [-0.4, -0.2) is 41.8 Å². The monoisotopic (exact) mass is 338 g/mol. The van der Waals surface area contributed by atoms with Gasteiger partial charge in [0.1, 0.15) is 11.4 Å². The molecule has 0 saturated carbocycles. The van der Waals surface area contributed by atoms with Gasteiger partial charge in [0.2, 0.25) is 0 Å². The van der Waals surface area contributed by atoms with E-state index in [0.717, 1.165) is 0 Å². The molecule has 0 aliphatic carbocycles. The van der Waals surface area contributed by atoms with Crippen molar-refractivity contribution in [3.63, 3.8) is 0 Å². The van der Waals surface area contributed by atoms with Gasteiger partial charge in [0, 0.05) is 0 Å². The Labute approximate surface area is 138 Å². The third kappa shape index (κ3) is 4.48. The Kier molecular flexibility index (Phi) is 6.04. The average Bonchev–Trinajstić information content (AvgIpc) is 2.93. The lowest BCUT2D eigenvalue weighted by molar-refractivity contribution is -0.149. The van der Waals surface area contributed by atoms with Crippen LogP contribution in [0, 0.1) is 0 Å². The van der Waals surface area contributed by atoms with Crippen molar-refractivity contribution in [2.24, 2.45) is 0 Å². The van der Waals surface area contributed by atoms with Gasteiger partial charge in [-0.3, -0.25) is 9.59 Å². The summed E-state index contributed by atoms with van der Waals surface area (Å²) in [5, 5.41) is -0.628. The van der Waals surface area contributed by atoms with Crippen LogP contribution in [0.2, 0.25) is 0 Å². The lowest BCUT2D eigenvalue weighted by Gasteiger charge is -2.20. The molecule has 1 aliphatic heterocycles. The molecule has 0 aromatic heterocycles. The van der Waals surface area contributed by atoms with Crippen LogP contribution in [0.5, 0.6) is 0 Å². The number of thioether (sulfide) groups is 1. The maximum Gasteiger partial charge on any atom is 0.338 e. The van der Waals surface area contributed by atoms with Gasteiger partial charge in [-0.05, 0) is 18.6 Å². The van der Waals surface area contributed by atoms with Crippen molar-refractivity contribution >= 4 is 29.7 Å². The third-order valence-electron chi connectivity index (χ3n) is 3.35. The van der Waals surface area contributed by atoms with Crippen molar-refractivity contribution in [1.29, 1.82) is 0 Å². The van der Waals surface area contributed by atoms with Crippen LogP contribution >= 0.6 is 11.8 Å². The van der Waals surface area contributed by atoms with E-state index in [1.54, 1.807) is 30.3 Å². The maximum atomic E-state index is 12.1. The van der Waals surface area contributed by atoms with Gasteiger partial charge >= 0.3 is 17.9 Å². The van der Waals surface area contributed by atoms with Crippen molar-refractivity contribution in [3.8, 4) is 0 Å². The lowest BCUT2D eigenvalue weighted by Crippen LogP contribution is -2.29. The molecule has 0 amide bonds. The summed E-state index contributed by atoms with van der Waals surface area (Å²) in [5.41, 5.74) is -0.179. The van der Waals surface area contributed by atoms with Crippen molar-refractivity contribution in [1.82, 2.24) is 0 Å². The molecule has 0 radical (unpaired) electrons. The molecule has 0 bridgehead atoms. The Bertz CT molecular complexity index is 573. The minimum absolute atomic E-state index is 0.0560. The smallest absolute Gasteiger partial charge is 0.338 e. The van der Waals surface area contributed by atoms with Gasteiger partial charge in [-0.25, -0.2) is 4.79 Å². The van der Waals surface area contributed by atoms with E-state index < -0.39 is 34.7 Å². The number of methoxy groups -OCH3 is 1.